The van der Waals surface area contributed by atoms with Gasteiger partial charge < -0.3 is 14.5 Å². The summed E-state index contributed by atoms with van der Waals surface area (Å²) in [7, 11) is 0. The van der Waals surface area contributed by atoms with E-state index in [2.05, 4.69) is 15.0 Å². The molecule has 8 nitrogen and oxygen atoms in total. The minimum absolute atomic E-state index is 0.214. The van der Waals surface area contributed by atoms with Crippen LogP contribution in [-0.2, 0) is 14.3 Å². The highest BCUT2D eigenvalue weighted by atomic mass is 16.5. The van der Waals surface area contributed by atoms with Crippen molar-refractivity contribution in [2.24, 2.45) is 0 Å². The van der Waals surface area contributed by atoms with Gasteiger partial charge in [0.2, 0.25) is 5.95 Å². The van der Waals surface area contributed by atoms with E-state index in [0.29, 0.717) is 37.8 Å². The normalized spacial score (nSPS) is 14.3. The number of anilines is 1. The maximum Gasteiger partial charge on any atom is 0.331 e. The second-order valence-corrected chi connectivity index (χ2v) is 6.79. The van der Waals surface area contributed by atoms with Crippen LogP contribution in [0, 0.1) is 0 Å². The number of nitrogens with zero attached hydrogens (tertiary/aromatic N) is 5. The van der Waals surface area contributed by atoms with E-state index in [9.17, 15) is 9.59 Å². The Kier molecular flexibility index (Phi) is 5.93. The molecule has 1 aromatic carbocycles. The number of carbonyl (C=O) groups is 2. The van der Waals surface area contributed by atoms with Crippen molar-refractivity contribution in [3.05, 3.63) is 66.6 Å². The molecule has 30 heavy (non-hydrogen) atoms. The van der Waals surface area contributed by atoms with Gasteiger partial charge in [-0.1, -0.05) is 24.3 Å². The number of pyridine rings is 1. The zero-order valence-electron chi connectivity index (χ0n) is 16.3. The molecule has 0 radical (unpaired) electrons. The molecule has 152 valence electrons. The van der Waals surface area contributed by atoms with Crippen LogP contribution in [0.3, 0.4) is 0 Å². The molecule has 4 rings (SSSR count). The van der Waals surface area contributed by atoms with Crippen LogP contribution >= 0.6 is 0 Å². The zero-order chi connectivity index (χ0) is 20.8. The minimum Gasteiger partial charge on any atom is -0.452 e. The number of aromatic nitrogens is 3. The Hall–Kier alpha value is -3.81. The van der Waals surface area contributed by atoms with Crippen molar-refractivity contribution in [1.29, 1.82) is 0 Å². The first kappa shape index (κ1) is 19.5. The highest BCUT2D eigenvalue weighted by Gasteiger charge is 2.22. The lowest BCUT2D eigenvalue weighted by Gasteiger charge is -2.34. The first-order chi connectivity index (χ1) is 14.7. The molecule has 1 fully saturated rings. The van der Waals surface area contributed by atoms with Gasteiger partial charge in [-0.2, -0.15) is 0 Å². The molecule has 0 unspecified atom stereocenters. The molecule has 2 aromatic heterocycles. The summed E-state index contributed by atoms with van der Waals surface area (Å²) in [5.41, 5.74) is 1.50. The number of rotatable bonds is 5. The number of para-hydroxylation sites is 1. The lowest BCUT2D eigenvalue weighted by Crippen LogP contribution is -2.50. The van der Waals surface area contributed by atoms with E-state index in [0.717, 1.165) is 10.9 Å². The third-order valence-electron chi connectivity index (χ3n) is 4.82. The van der Waals surface area contributed by atoms with E-state index in [-0.39, 0.29) is 12.5 Å². The molecule has 0 spiro atoms. The molecule has 3 aromatic rings. The van der Waals surface area contributed by atoms with E-state index >= 15 is 0 Å². The molecular weight excluding hydrogens is 382 g/mol. The molecule has 0 aliphatic carbocycles. The van der Waals surface area contributed by atoms with Gasteiger partial charge in [-0.15, -0.1) is 0 Å². The van der Waals surface area contributed by atoms with Crippen molar-refractivity contribution in [1.82, 2.24) is 19.9 Å². The number of hydrogen-bond acceptors (Lipinski definition) is 7. The summed E-state index contributed by atoms with van der Waals surface area (Å²) in [4.78, 5) is 40.9. The summed E-state index contributed by atoms with van der Waals surface area (Å²) in [5.74, 6) is -0.132. The Balaban J connectivity index is 1.24. The second-order valence-electron chi connectivity index (χ2n) is 6.79. The third kappa shape index (κ3) is 4.78. The summed E-state index contributed by atoms with van der Waals surface area (Å²) in [6.07, 6.45) is 6.26. The molecule has 1 amide bonds. The number of carbonyl (C=O) groups excluding carboxylic acids is 2. The molecule has 1 aliphatic heterocycles. The second kappa shape index (κ2) is 9.13. The summed E-state index contributed by atoms with van der Waals surface area (Å²) in [6.45, 7) is 2.06. The first-order valence-electron chi connectivity index (χ1n) is 9.69. The van der Waals surface area contributed by atoms with E-state index in [1.54, 1.807) is 29.4 Å². The van der Waals surface area contributed by atoms with Gasteiger partial charge in [0.1, 0.15) is 0 Å². The fourth-order valence-corrected chi connectivity index (χ4v) is 3.21. The molecule has 0 N–H and O–H groups in total. The zero-order valence-corrected chi connectivity index (χ0v) is 16.3. The van der Waals surface area contributed by atoms with Crippen molar-refractivity contribution in [3.63, 3.8) is 0 Å². The number of ether oxygens (including phenoxy) is 1. The van der Waals surface area contributed by atoms with Gasteiger partial charge in [0.05, 0.1) is 11.2 Å². The van der Waals surface area contributed by atoms with Gasteiger partial charge in [-0.25, -0.2) is 19.7 Å². The number of amides is 1. The highest BCUT2D eigenvalue weighted by Crippen LogP contribution is 2.13. The monoisotopic (exact) mass is 403 g/mol. The maximum atomic E-state index is 12.3. The largest absolute Gasteiger partial charge is 0.452 e. The number of piperazine rings is 1. The van der Waals surface area contributed by atoms with Gasteiger partial charge in [-0.05, 0) is 24.3 Å². The number of fused-ring (bicyclic) bond motifs is 1. The molecule has 0 bridgehead atoms. The number of hydrogen-bond donors (Lipinski definition) is 0. The summed E-state index contributed by atoms with van der Waals surface area (Å²) < 4.78 is 5.09. The van der Waals surface area contributed by atoms with Crippen LogP contribution in [0.25, 0.3) is 17.0 Å². The Morgan fingerprint density at radius 1 is 0.967 bits per heavy atom. The Morgan fingerprint density at radius 2 is 1.73 bits per heavy atom. The van der Waals surface area contributed by atoms with Crippen LogP contribution in [0.1, 0.15) is 5.69 Å². The quantitative estimate of drug-likeness (QED) is 0.475. The fourth-order valence-electron chi connectivity index (χ4n) is 3.21. The lowest BCUT2D eigenvalue weighted by atomic mass is 10.2. The smallest absolute Gasteiger partial charge is 0.331 e. The SMILES string of the molecule is O=C(/C=C/c1ccc2ccccc2n1)OCC(=O)N1CCN(c2ncccn2)CC1. The standard InChI is InChI=1S/C22H21N5O3/c28-20(26-12-14-27(15-13-26)22-23-10-3-11-24-22)16-30-21(29)9-8-18-7-6-17-4-1-2-5-19(17)25-18/h1-11H,12-16H2/b9-8+. The minimum atomic E-state index is -0.574. The fraction of sp³-hybridized carbons (Fsp3) is 0.227. The van der Waals surface area contributed by atoms with Crippen LogP contribution in [-0.4, -0.2) is 64.5 Å². The Bertz CT molecular complexity index is 1060. The van der Waals surface area contributed by atoms with E-state index in [1.165, 1.54) is 6.08 Å². The van der Waals surface area contributed by atoms with Gasteiger partial charge in [-0.3, -0.25) is 4.79 Å². The van der Waals surface area contributed by atoms with Crippen molar-refractivity contribution in [2.75, 3.05) is 37.7 Å². The van der Waals surface area contributed by atoms with Crippen LogP contribution in [0.5, 0.6) is 0 Å². The Morgan fingerprint density at radius 3 is 2.53 bits per heavy atom. The van der Waals surface area contributed by atoms with Crippen molar-refractivity contribution in [2.45, 2.75) is 0 Å². The number of benzene rings is 1. The van der Waals surface area contributed by atoms with Crippen LogP contribution in [0.15, 0.2) is 60.9 Å². The predicted molar refractivity (Wildman–Crippen MR) is 113 cm³/mol. The van der Waals surface area contributed by atoms with Crippen LogP contribution < -0.4 is 4.90 Å². The summed E-state index contributed by atoms with van der Waals surface area (Å²) in [5, 5.41) is 1.03. The molecule has 8 heteroatoms. The van der Waals surface area contributed by atoms with Crippen molar-refractivity contribution in [3.8, 4) is 0 Å². The van der Waals surface area contributed by atoms with Gasteiger partial charge >= 0.3 is 5.97 Å². The summed E-state index contributed by atoms with van der Waals surface area (Å²) >= 11 is 0. The molecule has 0 atom stereocenters. The Labute approximate surface area is 173 Å². The summed E-state index contributed by atoms with van der Waals surface area (Å²) in [6, 6.07) is 13.3. The highest BCUT2D eigenvalue weighted by molar-refractivity contribution is 5.89. The third-order valence-corrected chi connectivity index (χ3v) is 4.82. The topological polar surface area (TPSA) is 88.5 Å². The van der Waals surface area contributed by atoms with Crippen LogP contribution in [0.4, 0.5) is 5.95 Å². The molecule has 3 heterocycles. The van der Waals surface area contributed by atoms with Gasteiger partial charge in [0, 0.05) is 50.0 Å². The molecule has 1 saturated heterocycles. The van der Waals surface area contributed by atoms with Crippen molar-refractivity contribution < 1.29 is 14.3 Å². The number of esters is 1. The average molecular weight is 403 g/mol. The molecular formula is C22H21N5O3. The maximum absolute atomic E-state index is 12.3. The molecule has 0 saturated carbocycles. The van der Waals surface area contributed by atoms with Gasteiger partial charge in [0.25, 0.3) is 5.91 Å². The van der Waals surface area contributed by atoms with Crippen molar-refractivity contribution >= 4 is 34.8 Å². The van der Waals surface area contributed by atoms with Gasteiger partial charge in [0.15, 0.2) is 6.61 Å². The van der Waals surface area contributed by atoms with Crippen LogP contribution in [0.2, 0.25) is 0 Å². The predicted octanol–water partition coefficient (Wildman–Crippen LogP) is 1.93. The van der Waals surface area contributed by atoms with E-state index in [4.69, 9.17) is 4.74 Å². The molecule has 1 aliphatic rings. The average Bonchev–Trinajstić information content (AvgIpc) is 2.81. The first-order valence-corrected chi connectivity index (χ1v) is 9.69. The van der Waals surface area contributed by atoms with E-state index < -0.39 is 5.97 Å². The van der Waals surface area contributed by atoms with E-state index in [1.807, 2.05) is 41.3 Å². The lowest BCUT2D eigenvalue weighted by molar-refractivity contribution is -0.148.